The van der Waals surface area contributed by atoms with E-state index in [1.807, 2.05) is 34.7 Å². The highest BCUT2D eigenvalue weighted by Crippen LogP contribution is 2.21. The van der Waals surface area contributed by atoms with Crippen LogP contribution in [0.5, 0.6) is 0 Å². The summed E-state index contributed by atoms with van der Waals surface area (Å²) in [5, 5.41) is 0. The lowest BCUT2D eigenvalue weighted by molar-refractivity contribution is -0.149. The Morgan fingerprint density at radius 3 is 2.83 bits per heavy atom. The molecule has 2 aromatic rings. The van der Waals surface area contributed by atoms with Crippen molar-refractivity contribution in [2.24, 2.45) is 5.92 Å². The Morgan fingerprint density at radius 1 is 1.22 bits per heavy atom. The Morgan fingerprint density at radius 2 is 2.08 bits per heavy atom. The van der Waals surface area contributed by atoms with E-state index in [2.05, 4.69) is 4.98 Å². The molecule has 2 saturated heterocycles. The summed E-state index contributed by atoms with van der Waals surface area (Å²) >= 11 is 0. The van der Waals surface area contributed by atoms with Crippen LogP contribution in [0.4, 0.5) is 0 Å². The van der Waals surface area contributed by atoms with Gasteiger partial charge in [-0.15, -0.1) is 0 Å². The molecule has 0 radical (unpaired) electrons. The standard InChI is InChI=1S/C26H36N4O6/c1-3-24(31)30(16-21-10-7-13-35-21)15-20-9-6-11-28(20)17-23-27-22(18-36-23)25(32)29-12-5-8-19(14-29)26(33)34-4-2/h6,9,11,18-19,21H,3-5,7-8,10,12-17H2,1-2H3. The van der Waals surface area contributed by atoms with Gasteiger partial charge >= 0.3 is 5.97 Å². The van der Waals surface area contributed by atoms with Crippen LogP contribution < -0.4 is 0 Å². The molecule has 0 aliphatic carbocycles. The van der Waals surface area contributed by atoms with Crippen LogP contribution in [0.25, 0.3) is 0 Å². The van der Waals surface area contributed by atoms with Crippen LogP contribution in [0, 0.1) is 5.92 Å². The topological polar surface area (TPSA) is 107 Å². The first-order valence-corrected chi connectivity index (χ1v) is 12.9. The number of esters is 1. The average Bonchev–Trinajstić information content (AvgIpc) is 3.67. The third-order valence-corrected chi connectivity index (χ3v) is 6.78. The van der Waals surface area contributed by atoms with Crippen molar-refractivity contribution in [1.82, 2.24) is 19.4 Å². The Hall–Kier alpha value is -3.14. The number of hydrogen-bond donors (Lipinski definition) is 0. The smallest absolute Gasteiger partial charge is 0.310 e. The van der Waals surface area contributed by atoms with Gasteiger partial charge in [-0.1, -0.05) is 6.92 Å². The number of carbonyl (C=O) groups excluding carboxylic acids is 3. The quantitative estimate of drug-likeness (QED) is 0.462. The number of carbonyl (C=O) groups is 3. The van der Waals surface area contributed by atoms with E-state index in [0.717, 1.165) is 31.6 Å². The van der Waals surface area contributed by atoms with E-state index >= 15 is 0 Å². The van der Waals surface area contributed by atoms with Crippen LogP contribution in [0.1, 0.15) is 68.0 Å². The molecule has 36 heavy (non-hydrogen) atoms. The summed E-state index contributed by atoms with van der Waals surface area (Å²) in [6.45, 7) is 7.02. The second-order valence-corrected chi connectivity index (χ2v) is 9.36. The Kier molecular flexibility index (Phi) is 8.79. The fraction of sp³-hybridized carbons (Fsp3) is 0.615. The van der Waals surface area contributed by atoms with Gasteiger partial charge in [-0.25, -0.2) is 4.98 Å². The summed E-state index contributed by atoms with van der Waals surface area (Å²) in [6.07, 6.45) is 7.27. The molecule has 4 rings (SSSR count). The second-order valence-electron chi connectivity index (χ2n) is 9.36. The van der Waals surface area contributed by atoms with Gasteiger partial charge in [0.2, 0.25) is 11.8 Å². The van der Waals surface area contributed by atoms with Gasteiger partial charge in [0.05, 0.1) is 31.7 Å². The molecule has 0 bridgehead atoms. The van der Waals surface area contributed by atoms with Crippen molar-refractivity contribution in [1.29, 1.82) is 0 Å². The van der Waals surface area contributed by atoms with Gasteiger partial charge in [0.15, 0.2) is 5.69 Å². The molecule has 2 amide bonds. The minimum atomic E-state index is -0.306. The first kappa shape index (κ1) is 25.9. The van der Waals surface area contributed by atoms with E-state index in [1.165, 1.54) is 6.26 Å². The van der Waals surface area contributed by atoms with Crippen molar-refractivity contribution in [3.63, 3.8) is 0 Å². The van der Waals surface area contributed by atoms with Crippen molar-refractivity contribution >= 4 is 17.8 Å². The molecule has 10 nitrogen and oxygen atoms in total. The number of oxazole rings is 1. The highest BCUT2D eigenvalue weighted by Gasteiger charge is 2.31. The fourth-order valence-electron chi connectivity index (χ4n) is 4.86. The lowest BCUT2D eigenvalue weighted by Gasteiger charge is -2.30. The van der Waals surface area contributed by atoms with E-state index in [4.69, 9.17) is 13.9 Å². The summed E-state index contributed by atoms with van der Waals surface area (Å²) in [5.41, 5.74) is 1.18. The van der Waals surface area contributed by atoms with Gasteiger partial charge < -0.3 is 28.3 Å². The average molecular weight is 501 g/mol. The molecular formula is C26H36N4O6. The number of aromatic nitrogens is 2. The lowest BCUT2D eigenvalue weighted by atomic mass is 9.98. The summed E-state index contributed by atoms with van der Waals surface area (Å²) in [7, 11) is 0. The third kappa shape index (κ3) is 6.34. The van der Waals surface area contributed by atoms with Gasteiger partial charge in [0, 0.05) is 44.6 Å². The largest absolute Gasteiger partial charge is 0.466 e. The zero-order valence-corrected chi connectivity index (χ0v) is 21.2. The third-order valence-electron chi connectivity index (χ3n) is 6.78. The first-order valence-electron chi connectivity index (χ1n) is 12.9. The normalized spacial score (nSPS) is 19.9. The zero-order chi connectivity index (χ0) is 25.5. The number of rotatable bonds is 10. The molecule has 2 fully saturated rings. The first-order chi connectivity index (χ1) is 17.5. The maximum atomic E-state index is 13.0. The van der Waals surface area contributed by atoms with E-state index in [1.54, 1.807) is 11.8 Å². The van der Waals surface area contributed by atoms with Crippen LogP contribution in [-0.2, 0) is 32.2 Å². The van der Waals surface area contributed by atoms with E-state index in [-0.39, 0.29) is 35.5 Å². The van der Waals surface area contributed by atoms with Crippen LogP contribution in [0.3, 0.4) is 0 Å². The predicted octanol–water partition coefficient (Wildman–Crippen LogP) is 2.86. The second kappa shape index (κ2) is 12.2. The summed E-state index contributed by atoms with van der Waals surface area (Å²) in [4.78, 5) is 45.6. The van der Waals surface area contributed by atoms with Gasteiger partial charge in [-0.3, -0.25) is 14.4 Å². The van der Waals surface area contributed by atoms with Gasteiger partial charge in [0.1, 0.15) is 6.26 Å². The number of hydrogen-bond acceptors (Lipinski definition) is 7. The molecule has 2 aromatic heterocycles. The monoisotopic (exact) mass is 500 g/mol. The molecule has 0 spiro atoms. The zero-order valence-electron chi connectivity index (χ0n) is 21.2. The molecule has 0 aromatic carbocycles. The maximum absolute atomic E-state index is 13.0. The van der Waals surface area contributed by atoms with Crippen molar-refractivity contribution in [2.45, 2.75) is 65.1 Å². The SMILES string of the molecule is CCOC(=O)C1CCCN(C(=O)c2coc(Cn3cccc3CN(CC3CCCO3)C(=O)CC)n2)C1. The number of piperidine rings is 1. The Labute approximate surface area is 211 Å². The molecule has 2 aliphatic heterocycles. The molecule has 196 valence electrons. The number of likely N-dealkylation sites (tertiary alicyclic amines) is 1. The molecule has 2 unspecified atom stereocenters. The maximum Gasteiger partial charge on any atom is 0.310 e. The van der Waals surface area contributed by atoms with Gasteiger partial charge in [0.25, 0.3) is 5.91 Å². The van der Waals surface area contributed by atoms with Crippen LogP contribution in [0.15, 0.2) is 29.0 Å². The van der Waals surface area contributed by atoms with Crippen molar-refractivity contribution in [2.75, 3.05) is 32.8 Å². The van der Waals surface area contributed by atoms with E-state index < -0.39 is 0 Å². The van der Waals surface area contributed by atoms with Crippen molar-refractivity contribution < 1.29 is 28.3 Å². The Bertz CT molecular complexity index is 1040. The predicted molar refractivity (Wildman–Crippen MR) is 130 cm³/mol. The molecule has 10 heteroatoms. The molecule has 4 heterocycles. The summed E-state index contributed by atoms with van der Waals surface area (Å²) < 4.78 is 18.5. The van der Waals surface area contributed by atoms with Crippen LogP contribution >= 0.6 is 0 Å². The van der Waals surface area contributed by atoms with Crippen LogP contribution in [0.2, 0.25) is 0 Å². The number of amides is 2. The summed E-state index contributed by atoms with van der Waals surface area (Å²) in [6, 6.07) is 3.90. The molecule has 2 atom stereocenters. The highest BCUT2D eigenvalue weighted by atomic mass is 16.5. The lowest BCUT2D eigenvalue weighted by Crippen LogP contribution is -2.43. The van der Waals surface area contributed by atoms with Crippen LogP contribution in [-0.4, -0.2) is 76.1 Å². The summed E-state index contributed by atoms with van der Waals surface area (Å²) in [5.74, 6) is -0.318. The van der Waals surface area contributed by atoms with E-state index in [9.17, 15) is 14.4 Å². The minimum Gasteiger partial charge on any atom is -0.466 e. The molecule has 2 aliphatic rings. The van der Waals surface area contributed by atoms with Gasteiger partial charge in [-0.2, -0.15) is 0 Å². The van der Waals surface area contributed by atoms with E-state index in [0.29, 0.717) is 58.1 Å². The highest BCUT2D eigenvalue weighted by molar-refractivity contribution is 5.92. The van der Waals surface area contributed by atoms with Crippen molar-refractivity contribution in [3.8, 4) is 0 Å². The molecule has 0 saturated carbocycles. The van der Waals surface area contributed by atoms with Crippen molar-refractivity contribution in [3.05, 3.63) is 41.9 Å². The molecule has 0 N–H and O–H groups in total. The fourth-order valence-corrected chi connectivity index (χ4v) is 4.86. The Balaban J connectivity index is 1.39. The number of ether oxygens (including phenoxy) is 2. The van der Waals surface area contributed by atoms with Gasteiger partial charge in [-0.05, 0) is 44.7 Å². The minimum absolute atomic E-state index is 0.0856. The number of nitrogens with zero attached hydrogens (tertiary/aromatic N) is 4. The molecular weight excluding hydrogens is 464 g/mol.